The van der Waals surface area contributed by atoms with E-state index in [1.165, 1.54) is 11.8 Å². The first kappa shape index (κ1) is 20.1. The van der Waals surface area contributed by atoms with Gasteiger partial charge in [0.2, 0.25) is 0 Å². The number of carbonyl (C=O) groups is 1. The smallest absolute Gasteiger partial charge is 0.189 e. The maximum Gasteiger partial charge on any atom is 0.189 e. The highest BCUT2D eigenvalue weighted by Crippen LogP contribution is 2.25. The molecule has 28 heavy (non-hydrogen) atoms. The third kappa shape index (κ3) is 5.69. The quantitative estimate of drug-likeness (QED) is 0.232. The molecule has 0 bridgehead atoms. The van der Waals surface area contributed by atoms with E-state index < -0.39 is 0 Å². The van der Waals surface area contributed by atoms with Gasteiger partial charge in [-0.1, -0.05) is 53.7 Å². The van der Waals surface area contributed by atoms with Crippen molar-refractivity contribution in [2.45, 2.75) is 29.8 Å². The zero-order valence-corrected chi connectivity index (χ0v) is 17.3. The molecule has 0 saturated heterocycles. The molecule has 140 valence electrons. The van der Waals surface area contributed by atoms with Gasteiger partial charge >= 0.3 is 0 Å². The highest BCUT2D eigenvalue weighted by molar-refractivity contribution is 8.00. The molecule has 0 atom stereocenters. The van der Waals surface area contributed by atoms with Crippen LogP contribution in [-0.4, -0.2) is 21.5 Å². The van der Waals surface area contributed by atoms with Crippen LogP contribution in [0.1, 0.15) is 32.7 Å². The van der Waals surface area contributed by atoms with E-state index in [9.17, 15) is 4.79 Å². The standard InChI is InChI=1S/C22H19N3OS2/c1-15-3-9-19(10-4-15)20(26)14-28-22-24-16(2)11-21(25-22)27-13-18-7-5-17(12-23)6-8-18/h3-11H,13-14H2,1-2H3. The summed E-state index contributed by atoms with van der Waals surface area (Å²) in [6, 6.07) is 19.2. The SMILES string of the molecule is Cc1ccc(C(=O)CSc2nc(C)cc(SCc3ccc(C#N)cc3)n2)cc1. The van der Waals surface area contributed by atoms with Crippen LogP contribution in [0.25, 0.3) is 0 Å². The fraction of sp³-hybridized carbons (Fsp3) is 0.182. The molecular formula is C22H19N3OS2. The monoisotopic (exact) mass is 405 g/mol. The van der Waals surface area contributed by atoms with E-state index >= 15 is 0 Å². The van der Waals surface area contributed by atoms with Gasteiger partial charge in [-0.3, -0.25) is 4.79 Å². The van der Waals surface area contributed by atoms with Gasteiger partial charge in [-0.05, 0) is 37.6 Å². The number of Topliss-reactive ketones (excluding diaryl/α,β-unsaturated/α-hetero) is 1. The highest BCUT2D eigenvalue weighted by atomic mass is 32.2. The summed E-state index contributed by atoms with van der Waals surface area (Å²) in [5.41, 5.74) is 4.51. The second-order valence-electron chi connectivity index (χ2n) is 6.31. The van der Waals surface area contributed by atoms with E-state index in [0.717, 1.165) is 27.6 Å². The first-order valence-corrected chi connectivity index (χ1v) is 10.7. The molecule has 0 aliphatic carbocycles. The number of hydrogen-bond acceptors (Lipinski definition) is 6. The summed E-state index contributed by atoms with van der Waals surface area (Å²) in [4.78, 5) is 21.4. The molecule has 0 aliphatic heterocycles. The zero-order chi connectivity index (χ0) is 19.9. The van der Waals surface area contributed by atoms with Crippen LogP contribution in [0.3, 0.4) is 0 Å². The minimum atomic E-state index is 0.0712. The van der Waals surface area contributed by atoms with E-state index in [1.807, 2.05) is 68.4 Å². The van der Waals surface area contributed by atoms with Gasteiger partial charge in [0, 0.05) is 17.0 Å². The highest BCUT2D eigenvalue weighted by Gasteiger charge is 2.10. The lowest BCUT2D eigenvalue weighted by molar-refractivity contribution is 0.102. The Bertz CT molecular complexity index is 1010. The van der Waals surface area contributed by atoms with Crippen molar-refractivity contribution in [1.82, 2.24) is 9.97 Å². The second kappa shape index (κ2) is 9.54. The molecular weight excluding hydrogens is 386 g/mol. The Balaban J connectivity index is 1.61. The summed E-state index contributed by atoms with van der Waals surface area (Å²) < 4.78 is 0. The second-order valence-corrected chi connectivity index (χ2v) is 8.24. The molecule has 0 saturated carbocycles. The number of rotatable bonds is 7. The fourth-order valence-electron chi connectivity index (χ4n) is 2.44. The Morgan fingerprint density at radius 3 is 2.39 bits per heavy atom. The van der Waals surface area contributed by atoms with Crippen LogP contribution < -0.4 is 0 Å². The number of hydrogen-bond donors (Lipinski definition) is 0. The first-order chi connectivity index (χ1) is 13.5. The van der Waals surface area contributed by atoms with E-state index in [0.29, 0.717) is 22.0 Å². The summed E-state index contributed by atoms with van der Waals surface area (Å²) in [5, 5.41) is 10.4. The summed E-state index contributed by atoms with van der Waals surface area (Å²) in [6.07, 6.45) is 0. The lowest BCUT2D eigenvalue weighted by atomic mass is 10.1. The van der Waals surface area contributed by atoms with Crippen LogP contribution in [0.4, 0.5) is 0 Å². The van der Waals surface area contributed by atoms with Gasteiger partial charge in [0.1, 0.15) is 5.03 Å². The van der Waals surface area contributed by atoms with Crippen molar-refractivity contribution in [2.75, 3.05) is 5.75 Å². The molecule has 0 radical (unpaired) electrons. The number of aromatic nitrogens is 2. The predicted molar refractivity (Wildman–Crippen MR) is 114 cm³/mol. The van der Waals surface area contributed by atoms with E-state index in [2.05, 4.69) is 16.0 Å². The third-order valence-corrected chi connectivity index (χ3v) is 5.82. The first-order valence-electron chi connectivity index (χ1n) is 8.73. The number of carbonyl (C=O) groups excluding carboxylic acids is 1. The summed E-state index contributed by atoms with van der Waals surface area (Å²) >= 11 is 2.98. The molecule has 2 aromatic carbocycles. The number of nitriles is 1. The topological polar surface area (TPSA) is 66.6 Å². The molecule has 0 fully saturated rings. The number of aryl methyl sites for hydroxylation is 2. The van der Waals surface area contributed by atoms with Crippen molar-refractivity contribution in [3.05, 3.63) is 82.5 Å². The zero-order valence-electron chi connectivity index (χ0n) is 15.7. The van der Waals surface area contributed by atoms with Crippen LogP contribution in [0.2, 0.25) is 0 Å². The normalized spacial score (nSPS) is 10.5. The molecule has 4 nitrogen and oxygen atoms in total. The number of ketones is 1. The summed E-state index contributed by atoms with van der Waals surface area (Å²) in [7, 11) is 0. The van der Waals surface area contributed by atoms with Crippen molar-refractivity contribution in [2.24, 2.45) is 0 Å². The number of nitrogens with zero attached hydrogens (tertiary/aromatic N) is 3. The Labute approximate surface area is 173 Å². The largest absolute Gasteiger partial charge is 0.293 e. The lowest BCUT2D eigenvalue weighted by Crippen LogP contribution is -2.03. The van der Waals surface area contributed by atoms with Crippen LogP contribution >= 0.6 is 23.5 Å². The van der Waals surface area contributed by atoms with Crippen LogP contribution in [0, 0.1) is 25.2 Å². The van der Waals surface area contributed by atoms with Gasteiger partial charge in [0.25, 0.3) is 0 Å². The van der Waals surface area contributed by atoms with Crippen molar-refractivity contribution in [3.63, 3.8) is 0 Å². The van der Waals surface area contributed by atoms with Gasteiger partial charge in [0.15, 0.2) is 10.9 Å². The van der Waals surface area contributed by atoms with Gasteiger partial charge < -0.3 is 0 Å². The van der Waals surface area contributed by atoms with Crippen molar-refractivity contribution in [3.8, 4) is 6.07 Å². The molecule has 0 amide bonds. The van der Waals surface area contributed by atoms with Crippen LogP contribution in [0.5, 0.6) is 0 Å². The van der Waals surface area contributed by atoms with Crippen LogP contribution in [-0.2, 0) is 5.75 Å². The maximum absolute atomic E-state index is 12.4. The Morgan fingerprint density at radius 2 is 1.71 bits per heavy atom. The molecule has 0 N–H and O–H groups in total. The average molecular weight is 406 g/mol. The van der Waals surface area contributed by atoms with Gasteiger partial charge in [0.05, 0.1) is 17.4 Å². The summed E-state index contributed by atoms with van der Waals surface area (Å²) in [6.45, 7) is 3.93. The molecule has 0 spiro atoms. The fourth-order valence-corrected chi connectivity index (χ4v) is 4.21. The Morgan fingerprint density at radius 1 is 1.00 bits per heavy atom. The van der Waals surface area contributed by atoms with Gasteiger partial charge in [-0.25, -0.2) is 9.97 Å². The van der Waals surface area contributed by atoms with E-state index in [-0.39, 0.29) is 5.78 Å². The van der Waals surface area contributed by atoms with Crippen molar-refractivity contribution >= 4 is 29.3 Å². The van der Waals surface area contributed by atoms with Gasteiger partial charge in [-0.15, -0.1) is 11.8 Å². The lowest BCUT2D eigenvalue weighted by Gasteiger charge is -2.06. The predicted octanol–water partition coefficient (Wildman–Crippen LogP) is 5.23. The maximum atomic E-state index is 12.4. The molecule has 0 unspecified atom stereocenters. The Hall–Kier alpha value is -2.62. The molecule has 6 heteroatoms. The van der Waals surface area contributed by atoms with Crippen molar-refractivity contribution < 1.29 is 4.79 Å². The van der Waals surface area contributed by atoms with Crippen molar-refractivity contribution in [1.29, 1.82) is 5.26 Å². The van der Waals surface area contributed by atoms with E-state index in [4.69, 9.17) is 5.26 Å². The number of benzene rings is 2. The molecule has 1 aromatic heterocycles. The molecule has 0 aliphatic rings. The van der Waals surface area contributed by atoms with E-state index in [1.54, 1.807) is 11.8 Å². The molecule has 3 rings (SSSR count). The van der Waals surface area contributed by atoms with Crippen LogP contribution in [0.15, 0.2) is 64.8 Å². The number of thioether (sulfide) groups is 2. The average Bonchev–Trinajstić information content (AvgIpc) is 2.71. The Kier molecular flexibility index (Phi) is 6.85. The van der Waals surface area contributed by atoms with Gasteiger partial charge in [-0.2, -0.15) is 5.26 Å². The molecule has 1 heterocycles. The minimum Gasteiger partial charge on any atom is -0.293 e. The third-order valence-electron chi connectivity index (χ3n) is 3.99. The molecule has 3 aromatic rings. The summed E-state index contributed by atoms with van der Waals surface area (Å²) in [5.74, 6) is 1.14. The minimum absolute atomic E-state index is 0.0712.